The number of benzene rings is 1. The second kappa shape index (κ2) is 8.15. The molecule has 0 heterocycles. The Morgan fingerprint density at radius 3 is 2.42 bits per heavy atom. The van der Waals surface area contributed by atoms with Crippen molar-refractivity contribution in [1.29, 1.82) is 0 Å². The van der Waals surface area contributed by atoms with Gasteiger partial charge >= 0.3 is 5.97 Å². The third-order valence-corrected chi connectivity index (χ3v) is 7.04. The molecule has 0 amide bonds. The van der Waals surface area contributed by atoms with E-state index in [1.54, 1.807) is 0 Å². The molecule has 1 rings (SSSR count). The summed E-state index contributed by atoms with van der Waals surface area (Å²) >= 11 is 0. The van der Waals surface area contributed by atoms with E-state index in [1.165, 1.54) is 17.7 Å². The van der Waals surface area contributed by atoms with Crippen molar-refractivity contribution in [2.75, 3.05) is 6.61 Å². The van der Waals surface area contributed by atoms with Crippen LogP contribution in [0.2, 0.25) is 19.1 Å². The normalized spacial score (nSPS) is 11.3. The summed E-state index contributed by atoms with van der Waals surface area (Å²) in [6, 6.07) is 12.1. The van der Waals surface area contributed by atoms with Crippen LogP contribution in [0.4, 0.5) is 0 Å². The number of hydrogen-bond donors (Lipinski definition) is 0. The lowest BCUT2D eigenvalue weighted by atomic mass is 10.2. The van der Waals surface area contributed by atoms with Gasteiger partial charge in [0.25, 0.3) is 0 Å². The standard InChI is InChI=1S/C16H26O2Si/c1-4-18-16(17)13-9-6-10-14-19(2,3)15-11-7-5-8-12-15/h5,7-8,11-12H,4,6,9-10,13-14H2,1-3H3. The highest BCUT2D eigenvalue weighted by molar-refractivity contribution is 6.89. The Morgan fingerprint density at radius 1 is 1.11 bits per heavy atom. The maximum Gasteiger partial charge on any atom is 0.305 e. The smallest absolute Gasteiger partial charge is 0.305 e. The minimum atomic E-state index is -1.29. The molecule has 0 aliphatic heterocycles. The van der Waals surface area contributed by atoms with Crippen LogP contribution >= 0.6 is 0 Å². The van der Waals surface area contributed by atoms with Crippen molar-refractivity contribution in [3.63, 3.8) is 0 Å². The van der Waals surface area contributed by atoms with Crippen molar-refractivity contribution in [2.45, 2.75) is 51.7 Å². The van der Waals surface area contributed by atoms with Gasteiger partial charge in [-0.3, -0.25) is 4.79 Å². The predicted molar refractivity (Wildman–Crippen MR) is 83.5 cm³/mol. The molecule has 0 aliphatic carbocycles. The molecule has 106 valence electrons. The average Bonchev–Trinajstić information content (AvgIpc) is 2.39. The molecule has 0 radical (unpaired) electrons. The molecular formula is C16H26O2Si. The molecular weight excluding hydrogens is 252 g/mol. The minimum Gasteiger partial charge on any atom is -0.466 e. The van der Waals surface area contributed by atoms with Gasteiger partial charge in [0, 0.05) is 6.42 Å². The minimum absolute atomic E-state index is 0.0536. The number of ether oxygens (including phenoxy) is 1. The highest BCUT2D eigenvalue weighted by atomic mass is 28.3. The van der Waals surface area contributed by atoms with Crippen molar-refractivity contribution >= 4 is 19.2 Å². The number of esters is 1. The first-order valence-electron chi connectivity index (χ1n) is 7.27. The van der Waals surface area contributed by atoms with Crippen LogP contribution in [0.5, 0.6) is 0 Å². The van der Waals surface area contributed by atoms with Crippen LogP contribution in [0.15, 0.2) is 30.3 Å². The monoisotopic (exact) mass is 278 g/mol. The fourth-order valence-corrected chi connectivity index (χ4v) is 4.80. The molecule has 0 saturated heterocycles. The van der Waals surface area contributed by atoms with Gasteiger partial charge in [0.15, 0.2) is 0 Å². The topological polar surface area (TPSA) is 26.3 Å². The van der Waals surface area contributed by atoms with E-state index in [-0.39, 0.29) is 5.97 Å². The molecule has 19 heavy (non-hydrogen) atoms. The molecule has 0 aliphatic rings. The third-order valence-electron chi connectivity index (χ3n) is 3.54. The lowest BCUT2D eigenvalue weighted by Gasteiger charge is -2.22. The lowest BCUT2D eigenvalue weighted by molar-refractivity contribution is -0.143. The molecule has 2 nitrogen and oxygen atoms in total. The second-order valence-electron chi connectivity index (χ2n) is 5.62. The van der Waals surface area contributed by atoms with E-state index >= 15 is 0 Å². The fourth-order valence-electron chi connectivity index (χ4n) is 2.28. The van der Waals surface area contributed by atoms with E-state index in [9.17, 15) is 4.79 Å². The number of unbranched alkanes of at least 4 members (excludes halogenated alkanes) is 2. The van der Waals surface area contributed by atoms with Crippen molar-refractivity contribution < 1.29 is 9.53 Å². The van der Waals surface area contributed by atoms with Crippen LogP contribution in [-0.4, -0.2) is 20.7 Å². The summed E-state index contributed by atoms with van der Waals surface area (Å²) in [4.78, 5) is 11.2. The Kier molecular flexibility index (Phi) is 6.85. The summed E-state index contributed by atoms with van der Waals surface area (Å²) in [6.45, 7) is 7.19. The van der Waals surface area contributed by atoms with E-state index in [4.69, 9.17) is 4.74 Å². The summed E-state index contributed by atoms with van der Waals surface area (Å²) in [7, 11) is -1.29. The molecule has 0 atom stereocenters. The summed E-state index contributed by atoms with van der Waals surface area (Å²) in [6.07, 6.45) is 3.87. The molecule has 3 heteroatoms. The van der Waals surface area contributed by atoms with Crippen LogP contribution in [0.25, 0.3) is 0 Å². The first-order chi connectivity index (χ1) is 9.06. The number of rotatable bonds is 8. The predicted octanol–water partition coefficient (Wildman–Crippen LogP) is 3.73. The Balaban J connectivity index is 2.23. The average molecular weight is 278 g/mol. The molecule has 0 aromatic heterocycles. The van der Waals surface area contributed by atoms with Crippen molar-refractivity contribution in [2.24, 2.45) is 0 Å². The van der Waals surface area contributed by atoms with Gasteiger partial charge < -0.3 is 4.74 Å². The summed E-state index contributed by atoms with van der Waals surface area (Å²) in [5.74, 6) is -0.0536. The Hall–Kier alpha value is -1.09. The number of carbonyl (C=O) groups is 1. The lowest BCUT2D eigenvalue weighted by Crippen LogP contribution is -2.40. The molecule has 0 bridgehead atoms. The van der Waals surface area contributed by atoms with E-state index in [1.807, 2.05) is 6.92 Å². The summed E-state index contributed by atoms with van der Waals surface area (Å²) < 4.78 is 4.93. The van der Waals surface area contributed by atoms with Crippen LogP contribution in [0.3, 0.4) is 0 Å². The molecule has 0 fully saturated rings. The second-order valence-corrected chi connectivity index (χ2v) is 10.5. The van der Waals surface area contributed by atoms with Crippen molar-refractivity contribution in [1.82, 2.24) is 0 Å². The van der Waals surface area contributed by atoms with Gasteiger partial charge in [-0.25, -0.2) is 0 Å². The zero-order valence-electron chi connectivity index (χ0n) is 12.4. The zero-order valence-corrected chi connectivity index (χ0v) is 13.4. The van der Waals surface area contributed by atoms with Gasteiger partial charge in [-0.1, -0.05) is 67.5 Å². The first kappa shape index (κ1) is 16.0. The maximum absolute atomic E-state index is 11.2. The Morgan fingerprint density at radius 2 is 1.79 bits per heavy atom. The van der Waals surface area contributed by atoms with Crippen LogP contribution in [0, 0.1) is 0 Å². The highest BCUT2D eigenvalue weighted by Gasteiger charge is 2.22. The van der Waals surface area contributed by atoms with Gasteiger partial charge in [0.1, 0.15) is 0 Å². The molecule has 0 spiro atoms. The molecule has 0 unspecified atom stereocenters. The quantitative estimate of drug-likeness (QED) is 0.411. The third kappa shape index (κ3) is 6.06. The van der Waals surface area contributed by atoms with Crippen LogP contribution < -0.4 is 5.19 Å². The van der Waals surface area contributed by atoms with Crippen LogP contribution in [0.1, 0.15) is 32.6 Å². The van der Waals surface area contributed by atoms with E-state index in [0.29, 0.717) is 13.0 Å². The van der Waals surface area contributed by atoms with E-state index in [2.05, 4.69) is 43.4 Å². The van der Waals surface area contributed by atoms with Crippen molar-refractivity contribution in [3.8, 4) is 0 Å². The fraction of sp³-hybridized carbons (Fsp3) is 0.562. The number of hydrogen-bond acceptors (Lipinski definition) is 2. The van der Waals surface area contributed by atoms with Crippen molar-refractivity contribution in [3.05, 3.63) is 30.3 Å². The van der Waals surface area contributed by atoms with E-state index in [0.717, 1.165) is 12.8 Å². The maximum atomic E-state index is 11.2. The molecule has 0 N–H and O–H groups in total. The SMILES string of the molecule is CCOC(=O)CCCCC[Si](C)(C)c1ccccc1. The van der Waals surface area contributed by atoms with Gasteiger partial charge in [0.05, 0.1) is 14.7 Å². The zero-order chi connectivity index (χ0) is 14.1. The highest BCUT2D eigenvalue weighted by Crippen LogP contribution is 2.15. The number of carbonyl (C=O) groups excluding carboxylic acids is 1. The first-order valence-corrected chi connectivity index (χ1v) is 10.5. The largest absolute Gasteiger partial charge is 0.466 e. The summed E-state index contributed by atoms with van der Waals surface area (Å²) in [5, 5.41) is 1.53. The molecule has 1 aromatic carbocycles. The van der Waals surface area contributed by atoms with Crippen LogP contribution in [-0.2, 0) is 9.53 Å². The summed E-state index contributed by atoms with van der Waals surface area (Å²) in [5.41, 5.74) is 0. The van der Waals surface area contributed by atoms with Gasteiger partial charge in [-0.2, -0.15) is 0 Å². The Labute approximate surface area is 118 Å². The van der Waals surface area contributed by atoms with Gasteiger partial charge in [-0.05, 0) is 13.3 Å². The molecule has 0 saturated carbocycles. The van der Waals surface area contributed by atoms with E-state index < -0.39 is 8.07 Å². The molecule has 1 aromatic rings. The van der Waals surface area contributed by atoms with Gasteiger partial charge in [0.2, 0.25) is 0 Å². The Bertz CT molecular complexity index is 374. The van der Waals surface area contributed by atoms with Gasteiger partial charge in [-0.15, -0.1) is 0 Å².